The second-order valence-electron chi connectivity index (χ2n) is 2.33. The second kappa shape index (κ2) is 3.71. The van der Waals surface area contributed by atoms with Crippen molar-refractivity contribution in [3.8, 4) is 0 Å². The largest absolute Gasteiger partial charge is 0.383 e. The maximum absolute atomic E-state index is 11.3. The zero-order chi connectivity index (χ0) is 9.14. The molecule has 0 fully saturated rings. The molecule has 0 saturated carbocycles. The number of rotatable bonds is 2. The fourth-order valence-electron chi connectivity index (χ4n) is 0.824. The maximum Gasteiger partial charge on any atom is 0.282 e. The molecule has 12 heavy (non-hydrogen) atoms. The molecule has 1 N–H and O–H groups in total. The quantitative estimate of drug-likeness (QED) is 0.826. The molecular formula is C7H10BrN3O. The molecule has 0 aliphatic heterocycles. The van der Waals surface area contributed by atoms with Crippen LogP contribution >= 0.6 is 15.9 Å². The molecule has 66 valence electrons. The molecular weight excluding hydrogens is 222 g/mol. The van der Waals surface area contributed by atoms with E-state index in [9.17, 15) is 4.79 Å². The highest BCUT2D eigenvalue weighted by molar-refractivity contribution is 9.10. The van der Waals surface area contributed by atoms with Gasteiger partial charge in [0.05, 0.1) is 11.9 Å². The molecule has 5 heteroatoms. The fourth-order valence-corrected chi connectivity index (χ4v) is 1.32. The van der Waals surface area contributed by atoms with Crippen LogP contribution in [0.5, 0.6) is 0 Å². The van der Waals surface area contributed by atoms with Crippen molar-refractivity contribution in [2.75, 3.05) is 11.9 Å². The van der Waals surface area contributed by atoms with Gasteiger partial charge in [0, 0.05) is 13.6 Å². The van der Waals surface area contributed by atoms with Crippen molar-refractivity contribution in [2.24, 2.45) is 7.05 Å². The Balaban J connectivity index is 3.18. The summed E-state index contributed by atoms with van der Waals surface area (Å²) in [6.07, 6.45) is 1.62. The van der Waals surface area contributed by atoms with Crippen LogP contribution in [0.4, 0.5) is 5.69 Å². The van der Waals surface area contributed by atoms with Gasteiger partial charge < -0.3 is 5.32 Å². The Kier molecular flexibility index (Phi) is 2.86. The van der Waals surface area contributed by atoms with Crippen molar-refractivity contribution in [1.29, 1.82) is 0 Å². The summed E-state index contributed by atoms with van der Waals surface area (Å²) in [7, 11) is 1.61. The highest BCUT2D eigenvalue weighted by Gasteiger charge is 2.04. The van der Waals surface area contributed by atoms with E-state index in [-0.39, 0.29) is 5.56 Å². The summed E-state index contributed by atoms with van der Waals surface area (Å²) < 4.78 is 1.81. The van der Waals surface area contributed by atoms with Crippen LogP contribution in [0.2, 0.25) is 0 Å². The number of nitrogens with zero attached hydrogens (tertiary/aromatic N) is 2. The van der Waals surface area contributed by atoms with Crippen molar-refractivity contribution in [2.45, 2.75) is 6.92 Å². The predicted octanol–water partition coefficient (Wildman–Crippen LogP) is 0.975. The molecule has 0 aromatic carbocycles. The minimum absolute atomic E-state index is 0.131. The third kappa shape index (κ3) is 1.66. The number of halogens is 1. The van der Waals surface area contributed by atoms with Gasteiger partial charge in [0.15, 0.2) is 0 Å². The first-order chi connectivity index (χ1) is 5.66. The first kappa shape index (κ1) is 9.25. The van der Waals surface area contributed by atoms with E-state index in [2.05, 4.69) is 26.3 Å². The maximum atomic E-state index is 11.3. The molecule has 4 nitrogen and oxygen atoms in total. The Morgan fingerprint density at radius 3 is 3.00 bits per heavy atom. The van der Waals surface area contributed by atoms with Crippen molar-refractivity contribution in [3.05, 3.63) is 21.0 Å². The van der Waals surface area contributed by atoms with Crippen LogP contribution in [0.15, 0.2) is 15.5 Å². The van der Waals surface area contributed by atoms with Crippen LogP contribution < -0.4 is 10.9 Å². The summed E-state index contributed by atoms with van der Waals surface area (Å²) in [6.45, 7) is 2.73. The van der Waals surface area contributed by atoms with Crippen LogP contribution in [0.3, 0.4) is 0 Å². The molecule has 0 bridgehead atoms. The van der Waals surface area contributed by atoms with Crippen molar-refractivity contribution in [1.82, 2.24) is 9.78 Å². The molecule has 0 aliphatic carbocycles. The fraction of sp³-hybridized carbons (Fsp3) is 0.429. The first-order valence-electron chi connectivity index (χ1n) is 3.62. The molecule has 1 rings (SSSR count). The lowest BCUT2D eigenvalue weighted by molar-refractivity contribution is 0.703. The Bertz CT molecular complexity index is 334. The number of aryl methyl sites for hydroxylation is 1. The highest BCUT2D eigenvalue weighted by atomic mass is 79.9. The van der Waals surface area contributed by atoms with E-state index < -0.39 is 0 Å². The van der Waals surface area contributed by atoms with Crippen LogP contribution in [0.1, 0.15) is 6.92 Å². The molecule has 0 atom stereocenters. The van der Waals surface area contributed by atoms with Gasteiger partial charge in [0.25, 0.3) is 5.56 Å². The lowest BCUT2D eigenvalue weighted by Gasteiger charge is -2.05. The van der Waals surface area contributed by atoms with Gasteiger partial charge in [-0.2, -0.15) is 5.10 Å². The first-order valence-corrected chi connectivity index (χ1v) is 4.41. The molecule has 0 radical (unpaired) electrons. The van der Waals surface area contributed by atoms with E-state index >= 15 is 0 Å². The lowest BCUT2D eigenvalue weighted by atomic mass is 10.4. The van der Waals surface area contributed by atoms with Gasteiger partial charge in [0.2, 0.25) is 0 Å². The standard InChI is InChI=1S/C7H10BrN3O/c1-3-9-5-4-10-11(2)7(12)6(5)8/h4,9H,3H2,1-2H3. The van der Waals surface area contributed by atoms with Crippen molar-refractivity contribution >= 4 is 21.6 Å². The second-order valence-corrected chi connectivity index (χ2v) is 3.12. The van der Waals surface area contributed by atoms with Gasteiger partial charge in [-0.3, -0.25) is 4.79 Å². The molecule has 1 heterocycles. The Morgan fingerprint density at radius 1 is 1.75 bits per heavy atom. The van der Waals surface area contributed by atoms with Gasteiger partial charge in [-0.15, -0.1) is 0 Å². The zero-order valence-corrected chi connectivity index (χ0v) is 8.55. The molecule has 0 spiro atoms. The predicted molar refractivity (Wildman–Crippen MR) is 51.3 cm³/mol. The summed E-state index contributed by atoms with van der Waals surface area (Å²) in [6, 6.07) is 0. The van der Waals surface area contributed by atoms with Crippen LogP contribution in [-0.2, 0) is 7.05 Å². The molecule has 1 aromatic rings. The third-order valence-electron chi connectivity index (χ3n) is 1.45. The Morgan fingerprint density at radius 2 is 2.42 bits per heavy atom. The zero-order valence-electron chi connectivity index (χ0n) is 6.97. The average Bonchev–Trinajstić information content (AvgIpc) is 2.07. The van der Waals surface area contributed by atoms with Gasteiger partial charge in [-0.25, -0.2) is 4.68 Å². The van der Waals surface area contributed by atoms with E-state index in [1.807, 2.05) is 6.92 Å². The van der Waals surface area contributed by atoms with E-state index in [0.717, 1.165) is 12.2 Å². The smallest absolute Gasteiger partial charge is 0.282 e. The third-order valence-corrected chi connectivity index (χ3v) is 2.21. The highest BCUT2D eigenvalue weighted by Crippen LogP contribution is 2.14. The average molecular weight is 232 g/mol. The summed E-state index contributed by atoms with van der Waals surface area (Å²) in [4.78, 5) is 11.3. The van der Waals surface area contributed by atoms with Crippen LogP contribution in [0.25, 0.3) is 0 Å². The van der Waals surface area contributed by atoms with E-state index in [1.165, 1.54) is 4.68 Å². The SMILES string of the molecule is CCNc1cnn(C)c(=O)c1Br. The topological polar surface area (TPSA) is 46.9 Å². The number of hydrogen-bond donors (Lipinski definition) is 1. The van der Waals surface area contributed by atoms with E-state index in [4.69, 9.17) is 0 Å². The Hall–Kier alpha value is -0.840. The molecule has 0 unspecified atom stereocenters. The number of aromatic nitrogens is 2. The molecule has 0 aliphatic rings. The summed E-state index contributed by atoms with van der Waals surface area (Å²) in [5.74, 6) is 0. The number of hydrogen-bond acceptors (Lipinski definition) is 3. The minimum atomic E-state index is -0.131. The molecule has 1 aromatic heterocycles. The summed E-state index contributed by atoms with van der Waals surface area (Å²) >= 11 is 3.20. The van der Waals surface area contributed by atoms with Gasteiger partial charge in [0.1, 0.15) is 4.47 Å². The van der Waals surface area contributed by atoms with Gasteiger partial charge >= 0.3 is 0 Å². The number of anilines is 1. The summed E-state index contributed by atoms with van der Waals surface area (Å²) in [5.41, 5.74) is 0.606. The molecule has 0 saturated heterocycles. The van der Waals surface area contributed by atoms with Gasteiger partial charge in [-0.05, 0) is 22.9 Å². The van der Waals surface area contributed by atoms with E-state index in [0.29, 0.717) is 4.47 Å². The van der Waals surface area contributed by atoms with Crippen molar-refractivity contribution < 1.29 is 0 Å². The lowest BCUT2D eigenvalue weighted by Crippen LogP contribution is -2.21. The minimum Gasteiger partial charge on any atom is -0.383 e. The van der Waals surface area contributed by atoms with E-state index in [1.54, 1.807) is 13.2 Å². The van der Waals surface area contributed by atoms with Crippen LogP contribution in [0, 0.1) is 0 Å². The summed E-state index contributed by atoms with van der Waals surface area (Å²) in [5, 5.41) is 6.89. The normalized spacial score (nSPS) is 9.92. The van der Waals surface area contributed by atoms with Crippen molar-refractivity contribution in [3.63, 3.8) is 0 Å². The van der Waals surface area contributed by atoms with Crippen LogP contribution in [-0.4, -0.2) is 16.3 Å². The Labute approximate surface area is 78.7 Å². The monoisotopic (exact) mass is 231 g/mol. The number of nitrogens with one attached hydrogen (secondary N) is 1. The molecule has 0 amide bonds. The van der Waals surface area contributed by atoms with Gasteiger partial charge in [-0.1, -0.05) is 0 Å².